The van der Waals surface area contributed by atoms with Gasteiger partial charge in [-0.2, -0.15) is 0 Å². The first-order valence-corrected chi connectivity index (χ1v) is 7.43. The lowest BCUT2D eigenvalue weighted by Crippen LogP contribution is -2.58. The molecular formula is C15H26O5. The van der Waals surface area contributed by atoms with Crippen LogP contribution >= 0.6 is 0 Å². The SMILES string of the molecule is CC(=O)CC[C@H]1[C@H](C)CC[C@H]2C(C)(C)OC(O)[C@@]12OO. The highest BCUT2D eigenvalue weighted by molar-refractivity contribution is 5.75. The Kier molecular flexibility index (Phi) is 4.27. The number of fused-ring (bicyclic) bond motifs is 1. The van der Waals surface area contributed by atoms with Crippen LogP contribution in [0.4, 0.5) is 0 Å². The van der Waals surface area contributed by atoms with E-state index in [-0.39, 0.29) is 23.5 Å². The average Bonchev–Trinajstić information content (AvgIpc) is 2.55. The Balaban J connectivity index is 2.34. The second-order valence-electron chi connectivity index (χ2n) is 6.97. The van der Waals surface area contributed by atoms with E-state index in [1.54, 1.807) is 6.92 Å². The first kappa shape index (κ1) is 15.9. The first-order valence-electron chi connectivity index (χ1n) is 7.43. The molecule has 5 heteroatoms. The summed E-state index contributed by atoms with van der Waals surface area (Å²) in [7, 11) is 0. The summed E-state index contributed by atoms with van der Waals surface area (Å²) in [5, 5.41) is 20.0. The van der Waals surface area contributed by atoms with E-state index >= 15 is 0 Å². The topological polar surface area (TPSA) is 76.0 Å². The van der Waals surface area contributed by atoms with Crippen molar-refractivity contribution < 1.29 is 24.8 Å². The zero-order valence-electron chi connectivity index (χ0n) is 12.8. The third kappa shape index (κ3) is 2.30. The van der Waals surface area contributed by atoms with Gasteiger partial charge in [0.25, 0.3) is 0 Å². The lowest BCUT2D eigenvalue weighted by Gasteiger charge is -2.48. The predicted octanol–water partition coefficient (Wildman–Crippen LogP) is 2.37. The molecule has 1 unspecified atom stereocenters. The maximum Gasteiger partial charge on any atom is 0.188 e. The van der Waals surface area contributed by atoms with Crippen LogP contribution in [0.2, 0.25) is 0 Å². The maximum atomic E-state index is 11.3. The normalized spacial score (nSPS) is 43.3. The van der Waals surface area contributed by atoms with Gasteiger partial charge in [-0.3, -0.25) is 5.26 Å². The van der Waals surface area contributed by atoms with Crippen LogP contribution in [0, 0.1) is 17.8 Å². The van der Waals surface area contributed by atoms with E-state index in [4.69, 9.17) is 9.62 Å². The Hall–Kier alpha value is -0.490. The van der Waals surface area contributed by atoms with Crippen LogP contribution in [0.15, 0.2) is 0 Å². The Labute approximate surface area is 120 Å². The molecule has 0 aromatic rings. The number of ether oxygens (including phenoxy) is 1. The Bertz CT molecular complexity index is 380. The van der Waals surface area contributed by atoms with Gasteiger partial charge in [0.2, 0.25) is 0 Å². The summed E-state index contributed by atoms with van der Waals surface area (Å²) >= 11 is 0. The number of ketones is 1. The van der Waals surface area contributed by atoms with Gasteiger partial charge >= 0.3 is 0 Å². The van der Waals surface area contributed by atoms with E-state index in [9.17, 15) is 15.2 Å². The van der Waals surface area contributed by atoms with Crippen LogP contribution in [-0.2, 0) is 14.4 Å². The third-order valence-electron chi connectivity index (χ3n) is 5.33. The zero-order valence-corrected chi connectivity index (χ0v) is 12.8. The van der Waals surface area contributed by atoms with Gasteiger partial charge in [-0.05, 0) is 51.9 Å². The van der Waals surface area contributed by atoms with Crippen molar-refractivity contribution >= 4 is 5.78 Å². The molecular weight excluding hydrogens is 260 g/mol. The van der Waals surface area contributed by atoms with Crippen molar-refractivity contribution in [1.29, 1.82) is 0 Å². The number of aliphatic hydroxyl groups is 1. The molecule has 0 radical (unpaired) electrons. The molecule has 1 saturated carbocycles. The van der Waals surface area contributed by atoms with Crippen molar-refractivity contribution in [3.8, 4) is 0 Å². The van der Waals surface area contributed by atoms with E-state index in [2.05, 4.69) is 6.92 Å². The minimum atomic E-state index is -1.16. The van der Waals surface area contributed by atoms with Gasteiger partial charge in [0, 0.05) is 12.3 Å². The Morgan fingerprint density at radius 1 is 1.40 bits per heavy atom. The molecule has 2 rings (SSSR count). The highest BCUT2D eigenvalue weighted by Crippen LogP contribution is 2.57. The van der Waals surface area contributed by atoms with Crippen LogP contribution in [0.1, 0.15) is 53.4 Å². The monoisotopic (exact) mass is 286 g/mol. The fourth-order valence-electron chi connectivity index (χ4n) is 4.31. The number of rotatable bonds is 4. The first-order chi connectivity index (χ1) is 9.25. The van der Waals surface area contributed by atoms with Crippen molar-refractivity contribution in [3.63, 3.8) is 0 Å². The minimum Gasteiger partial charge on any atom is -0.365 e. The molecule has 5 atom stereocenters. The molecule has 0 aromatic heterocycles. The van der Waals surface area contributed by atoms with E-state index in [0.29, 0.717) is 12.8 Å². The minimum absolute atomic E-state index is 0.0804. The van der Waals surface area contributed by atoms with Gasteiger partial charge in [-0.25, -0.2) is 4.89 Å². The van der Waals surface area contributed by atoms with E-state index in [1.807, 2.05) is 13.8 Å². The van der Waals surface area contributed by atoms with E-state index in [1.165, 1.54) is 0 Å². The zero-order chi connectivity index (χ0) is 15.1. The fraction of sp³-hybridized carbons (Fsp3) is 0.933. The van der Waals surface area contributed by atoms with Crippen molar-refractivity contribution in [3.05, 3.63) is 0 Å². The maximum absolute atomic E-state index is 11.3. The Morgan fingerprint density at radius 3 is 2.60 bits per heavy atom. The Morgan fingerprint density at radius 2 is 2.05 bits per heavy atom. The van der Waals surface area contributed by atoms with E-state index < -0.39 is 17.5 Å². The number of hydrogen-bond donors (Lipinski definition) is 2. The van der Waals surface area contributed by atoms with Crippen LogP contribution < -0.4 is 0 Å². The number of aliphatic hydroxyl groups excluding tert-OH is 1. The van der Waals surface area contributed by atoms with E-state index in [0.717, 1.165) is 12.8 Å². The molecule has 116 valence electrons. The second-order valence-corrected chi connectivity index (χ2v) is 6.97. The van der Waals surface area contributed by atoms with Gasteiger partial charge in [-0.15, -0.1) is 0 Å². The number of hydrogen-bond acceptors (Lipinski definition) is 5. The van der Waals surface area contributed by atoms with Crippen molar-refractivity contribution in [2.75, 3.05) is 0 Å². The van der Waals surface area contributed by atoms with Gasteiger partial charge in [-0.1, -0.05) is 6.92 Å². The highest BCUT2D eigenvalue weighted by Gasteiger charge is 2.67. The molecule has 1 saturated heterocycles. The lowest BCUT2D eigenvalue weighted by atomic mass is 9.60. The molecule has 2 N–H and O–H groups in total. The smallest absolute Gasteiger partial charge is 0.188 e. The standard InChI is InChI=1S/C15H26O5/c1-9-5-8-12-14(3,4)19-13(17)15(12,20-18)11(9)7-6-10(2)16/h9,11-13,17-18H,5-8H2,1-4H3/t9-,11+,12+,13?,15-/m1/s1. The summed E-state index contributed by atoms with van der Waals surface area (Å²) in [5.41, 5.74) is -1.66. The summed E-state index contributed by atoms with van der Waals surface area (Å²) in [6, 6.07) is 0. The van der Waals surface area contributed by atoms with Gasteiger partial charge < -0.3 is 14.6 Å². The number of Topliss-reactive ketones (excluding diaryl/α,β-unsaturated/α-hetero) is 1. The van der Waals surface area contributed by atoms with Crippen molar-refractivity contribution in [2.45, 2.75) is 70.9 Å². The third-order valence-corrected chi connectivity index (χ3v) is 5.33. The van der Waals surface area contributed by atoms with Gasteiger partial charge in [0.1, 0.15) is 5.78 Å². The van der Waals surface area contributed by atoms with Crippen LogP contribution in [0.3, 0.4) is 0 Å². The highest BCUT2D eigenvalue weighted by atomic mass is 17.1. The quantitative estimate of drug-likeness (QED) is 0.613. The average molecular weight is 286 g/mol. The van der Waals surface area contributed by atoms with Crippen LogP contribution in [-0.4, -0.2) is 33.6 Å². The molecule has 0 bridgehead atoms. The lowest BCUT2D eigenvalue weighted by molar-refractivity contribution is -0.387. The molecule has 1 aliphatic carbocycles. The molecule has 1 aliphatic heterocycles. The molecule has 1 heterocycles. The predicted molar refractivity (Wildman–Crippen MR) is 72.9 cm³/mol. The summed E-state index contributed by atoms with van der Waals surface area (Å²) < 4.78 is 5.66. The van der Waals surface area contributed by atoms with Crippen molar-refractivity contribution in [2.24, 2.45) is 17.8 Å². The number of carbonyl (C=O) groups excluding carboxylic acids is 1. The van der Waals surface area contributed by atoms with Crippen LogP contribution in [0.5, 0.6) is 0 Å². The summed E-state index contributed by atoms with van der Waals surface area (Å²) in [4.78, 5) is 16.2. The molecule has 0 spiro atoms. The fourth-order valence-corrected chi connectivity index (χ4v) is 4.31. The second kappa shape index (κ2) is 5.37. The molecule has 0 aromatic carbocycles. The summed E-state index contributed by atoms with van der Waals surface area (Å²) in [6.45, 7) is 7.47. The molecule has 5 nitrogen and oxygen atoms in total. The van der Waals surface area contributed by atoms with Gasteiger partial charge in [0.05, 0.1) is 5.60 Å². The van der Waals surface area contributed by atoms with Gasteiger partial charge in [0.15, 0.2) is 11.9 Å². The number of carbonyl (C=O) groups is 1. The summed E-state index contributed by atoms with van der Waals surface area (Å²) in [6.07, 6.45) is 1.69. The molecule has 0 amide bonds. The summed E-state index contributed by atoms with van der Waals surface area (Å²) in [5.74, 6) is 0.208. The van der Waals surface area contributed by atoms with Crippen molar-refractivity contribution in [1.82, 2.24) is 0 Å². The molecule has 2 fully saturated rings. The largest absolute Gasteiger partial charge is 0.365 e. The van der Waals surface area contributed by atoms with Crippen LogP contribution in [0.25, 0.3) is 0 Å². The molecule has 20 heavy (non-hydrogen) atoms. The molecule has 2 aliphatic rings.